The molecule has 0 radical (unpaired) electrons. The Morgan fingerprint density at radius 1 is 1.10 bits per heavy atom. The minimum atomic E-state index is -3.74. The van der Waals surface area contributed by atoms with Gasteiger partial charge in [0, 0.05) is 12.7 Å². The van der Waals surface area contributed by atoms with Gasteiger partial charge in [-0.25, -0.2) is 13.6 Å². The van der Waals surface area contributed by atoms with Crippen LogP contribution >= 0.6 is 0 Å². The fraction of sp³-hybridized carbons (Fsp3) is 0.200. The third kappa shape index (κ3) is 3.34. The molecule has 0 unspecified atom stereocenters. The van der Waals surface area contributed by atoms with Crippen molar-refractivity contribution in [1.29, 1.82) is 0 Å². The molecule has 0 bridgehead atoms. The van der Waals surface area contributed by atoms with Gasteiger partial charge in [0.05, 0.1) is 16.3 Å². The summed E-state index contributed by atoms with van der Waals surface area (Å²) >= 11 is 0. The van der Waals surface area contributed by atoms with Crippen LogP contribution in [0.5, 0.6) is 0 Å². The van der Waals surface area contributed by atoms with E-state index in [1.807, 2.05) is 24.1 Å². The lowest BCUT2D eigenvalue weighted by molar-refractivity contribution is 0.598. The number of nitrogens with zero attached hydrogens (tertiary/aromatic N) is 1. The maximum atomic E-state index is 11.3. The summed E-state index contributed by atoms with van der Waals surface area (Å²) in [5.41, 5.74) is 9.27. The smallest absolute Gasteiger partial charge is 0.238 e. The van der Waals surface area contributed by atoms with Gasteiger partial charge in [0.25, 0.3) is 0 Å². The molecule has 2 aromatic carbocycles. The van der Waals surface area contributed by atoms with Crippen molar-refractivity contribution >= 4 is 27.1 Å². The van der Waals surface area contributed by atoms with Crippen molar-refractivity contribution < 1.29 is 8.42 Å². The van der Waals surface area contributed by atoms with Crippen molar-refractivity contribution in [2.24, 2.45) is 5.14 Å². The average molecular weight is 305 g/mol. The first kappa shape index (κ1) is 15.3. The Bertz CT molecular complexity index is 740. The van der Waals surface area contributed by atoms with Gasteiger partial charge < -0.3 is 10.6 Å². The summed E-state index contributed by atoms with van der Waals surface area (Å²) in [5.74, 6) is 0. The summed E-state index contributed by atoms with van der Waals surface area (Å²) in [4.78, 5) is 1.92. The van der Waals surface area contributed by atoms with E-state index >= 15 is 0 Å². The second-order valence-corrected chi connectivity index (χ2v) is 6.41. The standard InChI is InChI=1S/C15H19N3O2S/c1-3-11-4-6-12(7-5-11)18(2)15-9-8-13(10-14(15)16)21(17,19)20/h4-10H,3,16H2,1-2H3,(H2,17,19,20). The fourth-order valence-corrected chi connectivity index (χ4v) is 2.66. The van der Waals surface area contributed by atoms with Gasteiger partial charge >= 0.3 is 0 Å². The lowest BCUT2D eigenvalue weighted by Crippen LogP contribution is -2.15. The Balaban J connectivity index is 2.36. The van der Waals surface area contributed by atoms with Crippen LogP contribution in [0, 0.1) is 0 Å². The van der Waals surface area contributed by atoms with E-state index in [0.29, 0.717) is 5.69 Å². The van der Waals surface area contributed by atoms with Crippen LogP contribution < -0.4 is 15.8 Å². The molecule has 0 saturated carbocycles. The van der Waals surface area contributed by atoms with Gasteiger partial charge in [-0.05, 0) is 42.3 Å². The maximum Gasteiger partial charge on any atom is 0.238 e. The minimum absolute atomic E-state index is 0.0125. The van der Waals surface area contributed by atoms with Crippen molar-refractivity contribution in [3.8, 4) is 0 Å². The summed E-state index contributed by atoms with van der Waals surface area (Å²) < 4.78 is 22.6. The number of sulfonamides is 1. The zero-order valence-electron chi connectivity index (χ0n) is 12.1. The van der Waals surface area contributed by atoms with Crippen molar-refractivity contribution in [1.82, 2.24) is 0 Å². The molecular weight excluding hydrogens is 286 g/mol. The molecule has 0 aromatic heterocycles. The van der Waals surface area contributed by atoms with Crippen LogP contribution in [0.3, 0.4) is 0 Å². The molecule has 0 heterocycles. The third-order valence-corrected chi connectivity index (χ3v) is 4.33. The summed E-state index contributed by atoms with van der Waals surface area (Å²) in [5, 5.41) is 5.10. The molecule has 0 aliphatic carbocycles. The Morgan fingerprint density at radius 3 is 2.19 bits per heavy atom. The molecule has 0 amide bonds. The summed E-state index contributed by atoms with van der Waals surface area (Å²) in [6, 6.07) is 12.6. The predicted octanol–water partition coefficient (Wildman–Crippen LogP) is 2.25. The number of rotatable bonds is 4. The van der Waals surface area contributed by atoms with E-state index in [4.69, 9.17) is 10.9 Å². The van der Waals surface area contributed by atoms with E-state index in [2.05, 4.69) is 19.1 Å². The van der Waals surface area contributed by atoms with Crippen LogP contribution in [0.25, 0.3) is 0 Å². The van der Waals surface area contributed by atoms with E-state index in [1.54, 1.807) is 6.07 Å². The van der Waals surface area contributed by atoms with E-state index in [9.17, 15) is 8.42 Å². The molecule has 0 atom stereocenters. The average Bonchev–Trinajstić information content (AvgIpc) is 2.45. The number of anilines is 3. The molecule has 0 aliphatic rings. The highest BCUT2D eigenvalue weighted by Crippen LogP contribution is 2.30. The maximum absolute atomic E-state index is 11.3. The number of primary sulfonamides is 1. The highest BCUT2D eigenvalue weighted by Gasteiger charge is 2.13. The minimum Gasteiger partial charge on any atom is -0.397 e. The SMILES string of the molecule is CCc1ccc(N(C)c2ccc(S(N)(=O)=O)cc2N)cc1. The second-order valence-electron chi connectivity index (χ2n) is 4.84. The molecule has 0 fully saturated rings. The molecule has 2 aromatic rings. The van der Waals surface area contributed by atoms with Gasteiger partial charge in [0.15, 0.2) is 0 Å². The van der Waals surface area contributed by atoms with Gasteiger partial charge in [-0.2, -0.15) is 0 Å². The number of benzene rings is 2. The van der Waals surface area contributed by atoms with Crippen LogP contribution in [0.15, 0.2) is 47.4 Å². The Kier molecular flexibility index (Phi) is 4.20. The monoisotopic (exact) mass is 305 g/mol. The van der Waals surface area contributed by atoms with Crippen LogP contribution in [-0.2, 0) is 16.4 Å². The number of hydrogen-bond donors (Lipinski definition) is 2. The normalized spacial score (nSPS) is 11.4. The molecule has 4 N–H and O–H groups in total. The molecule has 21 heavy (non-hydrogen) atoms. The molecule has 2 rings (SSSR count). The molecule has 0 spiro atoms. The Morgan fingerprint density at radius 2 is 1.71 bits per heavy atom. The first-order valence-corrected chi connectivity index (χ1v) is 8.12. The van der Waals surface area contributed by atoms with Crippen molar-refractivity contribution in [2.75, 3.05) is 17.7 Å². The zero-order valence-corrected chi connectivity index (χ0v) is 12.9. The number of nitrogens with two attached hydrogens (primary N) is 2. The van der Waals surface area contributed by atoms with Crippen molar-refractivity contribution in [3.63, 3.8) is 0 Å². The fourth-order valence-electron chi connectivity index (χ4n) is 2.11. The summed E-state index contributed by atoms with van der Waals surface area (Å²) in [6.07, 6.45) is 0.981. The van der Waals surface area contributed by atoms with E-state index < -0.39 is 10.0 Å². The number of nitrogen functional groups attached to an aromatic ring is 1. The Labute approximate surface area is 125 Å². The molecular formula is C15H19N3O2S. The topological polar surface area (TPSA) is 89.4 Å². The van der Waals surface area contributed by atoms with Gasteiger partial charge in [-0.1, -0.05) is 19.1 Å². The molecule has 6 heteroatoms. The lowest BCUT2D eigenvalue weighted by atomic mass is 10.1. The highest BCUT2D eigenvalue weighted by molar-refractivity contribution is 7.89. The summed E-state index contributed by atoms with van der Waals surface area (Å²) in [6.45, 7) is 2.10. The van der Waals surface area contributed by atoms with Gasteiger partial charge in [-0.3, -0.25) is 0 Å². The zero-order chi connectivity index (χ0) is 15.6. The third-order valence-electron chi connectivity index (χ3n) is 3.42. The molecule has 0 aliphatic heterocycles. The molecule has 0 saturated heterocycles. The predicted molar refractivity (Wildman–Crippen MR) is 86.1 cm³/mol. The van der Waals surface area contributed by atoms with Crippen LogP contribution in [0.2, 0.25) is 0 Å². The Hall–Kier alpha value is -2.05. The molecule has 112 valence electrons. The van der Waals surface area contributed by atoms with Crippen molar-refractivity contribution in [2.45, 2.75) is 18.2 Å². The highest BCUT2D eigenvalue weighted by atomic mass is 32.2. The number of hydrogen-bond acceptors (Lipinski definition) is 4. The van der Waals surface area contributed by atoms with Crippen molar-refractivity contribution in [3.05, 3.63) is 48.0 Å². The van der Waals surface area contributed by atoms with Gasteiger partial charge in [0.1, 0.15) is 0 Å². The van der Waals surface area contributed by atoms with E-state index in [1.165, 1.54) is 17.7 Å². The van der Waals surface area contributed by atoms with Crippen LogP contribution in [-0.4, -0.2) is 15.5 Å². The largest absolute Gasteiger partial charge is 0.397 e. The summed E-state index contributed by atoms with van der Waals surface area (Å²) in [7, 11) is -1.86. The van der Waals surface area contributed by atoms with Gasteiger partial charge in [-0.15, -0.1) is 0 Å². The van der Waals surface area contributed by atoms with Crippen LogP contribution in [0.4, 0.5) is 17.1 Å². The van der Waals surface area contributed by atoms with Gasteiger partial charge in [0.2, 0.25) is 10.0 Å². The molecule has 5 nitrogen and oxygen atoms in total. The first-order chi connectivity index (χ1) is 9.82. The number of aryl methyl sites for hydroxylation is 1. The quantitative estimate of drug-likeness (QED) is 0.848. The lowest BCUT2D eigenvalue weighted by Gasteiger charge is -2.22. The first-order valence-electron chi connectivity index (χ1n) is 6.58. The van der Waals surface area contributed by atoms with E-state index in [-0.39, 0.29) is 4.90 Å². The second kappa shape index (κ2) is 5.75. The van der Waals surface area contributed by atoms with E-state index in [0.717, 1.165) is 17.8 Å². The van der Waals surface area contributed by atoms with Crippen LogP contribution in [0.1, 0.15) is 12.5 Å².